The number of hydrogen-bond donors (Lipinski definition) is 1. The minimum Gasteiger partial charge on any atom is -0.491 e. The molecule has 0 atom stereocenters. The van der Waals surface area contributed by atoms with E-state index in [9.17, 15) is 4.79 Å². The predicted octanol–water partition coefficient (Wildman–Crippen LogP) is 4.01. The fraction of sp³-hybridized carbons (Fsp3) is 0.480. The second kappa shape index (κ2) is 7.09. The van der Waals surface area contributed by atoms with E-state index in [1.54, 1.807) is 0 Å². The molecule has 5 heterocycles. The van der Waals surface area contributed by atoms with Crippen molar-refractivity contribution in [1.82, 2.24) is 14.5 Å². The van der Waals surface area contributed by atoms with E-state index in [1.807, 2.05) is 24.3 Å². The van der Waals surface area contributed by atoms with Crippen molar-refractivity contribution in [2.75, 3.05) is 18.9 Å². The molecule has 0 radical (unpaired) electrons. The number of nitrogens with two attached hydrogens (primary N) is 1. The van der Waals surface area contributed by atoms with E-state index in [0.717, 1.165) is 53.6 Å². The van der Waals surface area contributed by atoms with Crippen LogP contribution < -0.4 is 10.5 Å². The van der Waals surface area contributed by atoms with Gasteiger partial charge in [-0.3, -0.25) is 0 Å². The zero-order valence-corrected chi connectivity index (χ0v) is 18.7. The van der Waals surface area contributed by atoms with Gasteiger partial charge in [-0.15, -0.1) is 0 Å². The molecule has 9 heteroatoms. The Morgan fingerprint density at radius 3 is 2.79 bits per heavy atom. The Hall–Kier alpha value is -3.33. The molecule has 1 spiro atoms. The Morgan fingerprint density at radius 2 is 2.06 bits per heavy atom. The summed E-state index contributed by atoms with van der Waals surface area (Å²) in [7, 11) is 0. The highest BCUT2D eigenvalue weighted by Gasteiger charge is 2.54. The first-order valence-corrected chi connectivity index (χ1v) is 11.9. The average molecular weight is 463 g/mol. The smallest absolute Gasteiger partial charge is 0.491 e. The molecule has 2 N–H and O–H groups in total. The van der Waals surface area contributed by atoms with Gasteiger partial charge in [0.05, 0.1) is 11.5 Å². The number of rotatable bonds is 5. The lowest BCUT2D eigenvalue weighted by atomic mass is 9.76. The number of aromatic nitrogens is 3. The van der Waals surface area contributed by atoms with Crippen molar-refractivity contribution in [3.05, 3.63) is 36.8 Å². The van der Waals surface area contributed by atoms with Gasteiger partial charge in [-0.1, -0.05) is 12.1 Å². The number of carbonyl (C=O) groups excluding carboxylic acids is 1. The molecule has 176 valence electrons. The maximum Gasteiger partial charge on any atom is 0.509 e. The quantitative estimate of drug-likeness (QED) is 0.566. The van der Waals surface area contributed by atoms with E-state index in [2.05, 4.69) is 20.7 Å². The van der Waals surface area contributed by atoms with Crippen LogP contribution in [-0.4, -0.2) is 51.2 Å². The van der Waals surface area contributed by atoms with Crippen molar-refractivity contribution in [2.45, 2.75) is 61.9 Å². The lowest BCUT2D eigenvalue weighted by Gasteiger charge is -2.42. The number of ether oxygens (including phenoxy) is 4. The van der Waals surface area contributed by atoms with Crippen molar-refractivity contribution in [2.24, 2.45) is 0 Å². The summed E-state index contributed by atoms with van der Waals surface area (Å²) >= 11 is 0. The molecule has 2 bridgehead atoms. The van der Waals surface area contributed by atoms with Gasteiger partial charge in [0, 0.05) is 30.6 Å². The number of cyclic esters (lactones) is 1. The third kappa shape index (κ3) is 3.06. The summed E-state index contributed by atoms with van der Waals surface area (Å²) in [5.41, 5.74) is 8.39. The SMILES string of the molecule is Nc1ncnc2c1c(-c1cccc(OCC34CCC(CC3)O4)c1)cn2C1CC2(COC(=O)O2)C1. The Labute approximate surface area is 196 Å². The van der Waals surface area contributed by atoms with Crippen LogP contribution in [0.4, 0.5) is 10.6 Å². The van der Waals surface area contributed by atoms with E-state index in [-0.39, 0.29) is 11.6 Å². The molecule has 3 saturated heterocycles. The minimum absolute atomic E-state index is 0.122. The average Bonchev–Trinajstić information content (AvgIpc) is 3.59. The van der Waals surface area contributed by atoms with Gasteiger partial charge < -0.3 is 29.2 Å². The maximum atomic E-state index is 11.4. The van der Waals surface area contributed by atoms with E-state index in [0.29, 0.717) is 38.0 Å². The standard InChI is InChI=1S/C25H26N4O5/c26-21-20-19(15-2-1-3-18(8-15)31-12-24-6-4-17(33-24)5-7-24)11-29(22(20)28-14-27-21)16-9-25(10-16)13-32-23(30)34-25/h1-3,8,11,14,16-17H,4-7,9-10,12-13H2,(H2,26,27,28). The summed E-state index contributed by atoms with van der Waals surface area (Å²) in [4.78, 5) is 20.2. The molecular weight excluding hydrogens is 436 g/mol. The first kappa shape index (κ1) is 20.1. The molecule has 0 amide bonds. The predicted molar refractivity (Wildman–Crippen MR) is 122 cm³/mol. The Balaban J connectivity index is 1.19. The van der Waals surface area contributed by atoms with Gasteiger partial charge in [-0.2, -0.15) is 0 Å². The molecule has 1 aliphatic carbocycles. The summed E-state index contributed by atoms with van der Waals surface area (Å²) in [5.74, 6) is 1.24. The summed E-state index contributed by atoms with van der Waals surface area (Å²) in [5, 5.41) is 0.816. The van der Waals surface area contributed by atoms with Gasteiger partial charge in [0.15, 0.2) is 5.60 Å². The van der Waals surface area contributed by atoms with Crippen molar-refractivity contribution in [3.63, 3.8) is 0 Å². The van der Waals surface area contributed by atoms with Crippen molar-refractivity contribution < 1.29 is 23.7 Å². The van der Waals surface area contributed by atoms with Gasteiger partial charge in [0.2, 0.25) is 0 Å². The van der Waals surface area contributed by atoms with E-state index < -0.39 is 11.8 Å². The van der Waals surface area contributed by atoms with Crippen LogP contribution >= 0.6 is 0 Å². The number of benzene rings is 1. The third-order valence-electron chi connectivity index (χ3n) is 7.91. The molecule has 1 saturated carbocycles. The topological polar surface area (TPSA) is 111 Å². The van der Waals surface area contributed by atoms with Crippen molar-refractivity contribution in [3.8, 4) is 16.9 Å². The minimum atomic E-state index is -0.587. The molecule has 9 nitrogen and oxygen atoms in total. The fourth-order valence-electron chi connectivity index (χ4n) is 6.08. The zero-order chi connectivity index (χ0) is 22.9. The van der Waals surface area contributed by atoms with Crippen LogP contribution in [0.1, 0.15) is 44.6 Å². The molecule has 34 heavy (non-hydrogen) atoms. The molecule has 4 aliphatic rings. The van der Waals surface area contributed by atoms with Gasteiger partial charge in [-0.25, -0.2) is 14.8 Å². The van der Waals surface area contributed by atoms with Gasteiger partial charge in [0.25, 0.3) is 0 Å². The van der Waals surface area contributed by atoms with Crippen molar-refractivity contribution in [1.29, 1.82) is 0 Å². The van der Waals surface area contributed by atoms with Crippen LogP contribution in [0, 0.1) is 0 Å². The molecule has 0 unspecified atom stereocenters. The first-order valence-electron chi connectivity index (χ1n) is 11.9. The van der Waals surface area contributed by atoms with Crippen LogP contribution in [-0.2, 0) is 14.2 Å². The second-order valence-electron chi connectivity index (χ2n) is 10.1. The number of carbonyl (C=O) groups is 1. The molecule has 3 aromatic rings. The third-order valence-corrected chi connectivity index (χ3v) is 7.91. The molecular formula is C25H26N4O5. The molecule has 7 rings (SSSR count). The van der Waals surface area contributed by atoms with Gasteiger partial charge in [-0.05, 0) is 43.4 Å². The molecule has 1 aromatic carbocycles. The first-order chi connectivity index (χ1) is 16.5. The van der Waals surface area contributed by atoms with E-state index in [1.165, 1.54) is 6.33 Å². The summed E-state index contributed by atoms with van der Waals surface area (Å²) in [6.07, 6.45) is 9.15. The highest BCUT2D eigenvalue weighted by Crippen LogP contribution is 2.49. The van der Waals surface area contributed by atoms with Gasteiger partial charge >= 0.3 is 6.16 Å². The zero-order valence-electron chi connectivity index (χ0n) is 18.7. The van der Waals surface area contributed by atoms with Crippen LogP contribution in [0.3, 0.4) is 0 Å². The normalized spacial score (nSPS) is 31.6. The number of anilines is 1. The Kier molecular flexibility index (Phi) is 4.18. The summed E-state index contributed by atoms with van der Waals surface area (Å²) in [6, 6.07) is 8.19. The van der Waals surface area contributed by atoms with Gasteiger partial charge in [0.1, 0.15) is 42.4 Å². The van der Waals surface area contributed by atoms with E-state index >= 15 is 0 Å². The van der Waals surface area contributed by atoms with Crippen LogP contribution in [0.2, 0.25) is 0 Å². The van der Waals surface area contributed by atoms with Crippen LogP contribution in [0.15, 0.2) is 36.8 Å². The Morgan fingerprint density at radius 1 is 1.21 bits per heavy atom. The number of nitrogens with zero attached hydrogens (tertiary/aromatic N) is 3. The number of nitrogen functional groups attached to an aromatic ring is 1. The lowest BCUT2D eigenvalue weighted by molar-refractivity contribution is -0.0412. The highest BCUT2D eigenvalue weighted by molar-refractivity contribution is 6.00. The lowest BCUT2D eigenvalue weighted by Crippen LogP contribution is -2.46. The van der Waals surface area contributed by atoms with Crippen LogP contribution in [0.5, 0.6) is 5.75 Å². The molecule has 4 fully saturated rings. The Bertz CT molecular complexity index is 1290. The number of hydrogen-bond acceptors (Lipinski definition) is 8. The summed E-state index contributed by atoms with van der Waals surface area (Å²) < 4.78 is 24.9. The van der Waals surface area contributed by atoms with Crippen molar-refractivity contribution >= 4 is 23.0 Å². The fourth-order valence-corrected chi connectivity index (χ4v) is 6.08. The highest BCUT2D eigenvalue weighted by atomic mass is 16.8. The van der Waals surface area contributed by atoms with E-state index in [4.69, 9.17) is 24.7 Å². The summed E-state index contributed by atoms with van der Waals surface area (Å²) in [6.45, 7) is 0.877. The molecule has 3 aliphatic heterocycles. The number of fused-ring (bicyclic) bond motifs is 3. The second-order valence-corrected chi connectivity index (χ2v) is 10.1. The largest absolute Gasteiger partial charge is 0.509 e. The monoisotopic (exact) mass is 462 g/mol. The maximum absolute atomic E-state index is 11.4. The molecule has 2 aromatic heterocycles. The van der Waals surface area contributed by atoms with Crippen LogP contribution in [0.25, 0.3) is 22.2 Å².